The Labute approximate surface area is 113 Å². The van der Waals surface area contributed by atoms with Gasteiger partial charge in [0.05, 0.1) is 0 Å². The Morgan fingerprint density at radius 3 is 2.33 bits per heavy atom. The van der Waals surface area contributed by atoms with Gasteiger partial charge in [-0.15, -0.1) is 0 Å². The maximum absolute atomic E-state index is 3.46. The minimum Gasteiger partial charge on any atom is -0.317 e. The predicted molar refractivity (Wildman–Crippen MR) is 81.0 cm³/mol. The highest BCUT2D eigenvalue weighted by molar-refractivity contribution is 5.25. The van der Waals surface area contributed by atoms with E-state index in [-0.39, 0.29) is 0 Å². The molecule has 0 aromatic heterocycles. The van der Waals surface area contributed by atoms with Crippen LogP contribution in [0.2, 0.25) is 0 Å². The van der Waals surface area contributed by atoms with Crippen molar-refractivity contribution in [1.82, 2.24) is 5.32 Å². The van der Waals surface area contributed by atoms with Crippen LogP contribution in [0.1, 0.15) is 51.2 Å². The lowest BCUT2D eigenvalue weighted by molar-refractivity contribution is 0.329. The highest BCUT2D eigenvalue weighted by Crippen LogP contribution is 2.23. The van der Waals surface area contributed by atoms with Crippen molar-refractivity contribution < 1.29 is 0 Å². The van der Waals surface area contributed by atoms with Crippen LogP contribution in [-0.2, 0) is 6.42 Å². The second kappa shape index (κ2) is 6.94. The lowest BCUT2D eigenvalue weighted by Crippen LogP contribution is -2.27. The SMILES string of the molecule is CNC(CCc1ccccc1C)CCC(C)(C)C. The Kier molecular flexibility index (Phi) is 5.87. The Hall–Kier alpha value is -0.820. The van der Waals surface area contributed by atoms with E-state index < -0.39 is 0 Å². The smallest absolute Gasteiger partial charge is 0.00674 e. The second-order valence-corrected chi connectivity index (χ2v) is 6.55. The third kappa shape index (κ3) is 5.68. The molecule has 18 heavy (non-hydrogen) atoms. The Morgan fingerprint density at radius 1 is 1.11 bits per heavy atom. The molecule has 1 N–H and O–H groups in total. The van der Waals surface area contributed by atoms with Gasteiger partial charge in [0.15, 0.2) is 0 Å². The zero-order valence-corrected chi connectivity index (χ0v) is 12.7. The highest BCUT2D eigenvalue weighted by Gasteiger charge is 2.14. The number of hydrogen-bond donors (Lipinski definition) is 1. The summed E-state index contributed by atoms with van der Waals surface area (Å²) in [5, 5.41) is 3.46. The molecule has 0 spiro atoms. The molecule has 0 heterocycles. The van der Waals surface area contributed by atoms with E-state index in [1.165, 1.54) is 36.8 Å². The molecule has 0 bridgehead atoms. The van der Waals surface area contributed by atoms with Crippen molar-refractivity contribution in [3.8, 4) is 0 Å². The molecule has 1 aromatic rings. The summed E-state index contributed by atoms with van der Waals surface area (Å²) in [4.78, 5) is 0. The van der Waals surface area contributed by atoms with Gasteiger partial charge in [-0.2, -0.15) is 0 Å². The third-order valence-corrected chi connectivity index (χ3v) is 3.67. The number of hydrogen-bond acceptors (Lipinski definition) is 1. The summed E-state index contributed by atoms with van der Waals surface area (Å²) in [6, 6.07) is 9.37. The minimum absolute atomic E-state index is 0.442. The third-order valence-electron chi connectivity index (χ3n) is 3.67. The zero-order valence-electron chi connectivity index (χ0n) is 12.7. The molecule has 1 heteroatoms. The van der Waals surface area contributed by atoms with Crippen LogP contribution < -0.4 is 5.32 Å². The van der Waals surface area contributed by atoms with Gasteiger partial charge in [0, 0.05) is 6.04 Å². The molecule has 0 amide bonds. The van der Waals surface area contributed by atoms with Gasteiger partial charge in [-0.25, -0.2) is 0 Å². The summed E-state index contributed by atoms with van der Waals surface area (Å²) in [6.07, 6.45) is 4.97. The van der Waals surface area contributed by atoms with Crippen molar-refractivity contribution in [3.63, 3.8) is 0 Å². The summed E-state index contributed by atoms with van der Waals surface area (Å²) in [7, 11) is 2.09. The number of rotatable bonds is 6. The Morgan fingerprint density at radius 2 is 1.78 bits per heavy atom. The molecule has 0 aliphatic carbocycles. The highest BCUT2D eigenvalue weighted by atomic mass is 14.9. The van der Waals surface area contributed by atoms with Gasteiger partial charge < -0.3 is 5.32 Å². The fourth-order valence-electron chi connectivity index (χ4n) is 2.26. The molecule has 1 rings (SSSR count). The first-order chi connectivity index (χ1) is 8.42. The van der Waals surface area contributed by atoms with Gasteiger partial charge in [0.25, 0.3) is 0 Å². The van der Waals surface area contributed by atoms with Crippen LogP contribution in [0, 0.1) is 12.3 Å². The summed E-state index contributed by atoms with van der Waals surface area (Å²) >= 11 is 0. The normalized spacial score (nSPS) is 13.6. The van der Waals surface area contributed by atoms with Crippen molar-refractivity contribution in [2.75, 3.05) is 7.05 Å². The first kappa shape index (κ1) is 15.2. The summed E-state index contributed by atoms with van der Waals surface area (Å²) in [6.45, 7) is 9.17. The van der Waals surface area contributed by atoms with E-state index in [1.807, 2.05) is 0 Å². The van der Waals surface area contributed by atoms with Crippen molar-refractivity contribution in [1.29, 1.82) is 0 Å². The molecule has 1 aromatic carbocycles. The summed E-state index contributed by atoms with van der Waals surface area (Å²) < 4.78 is 0. The molecule has 102 valence electrons. The van der Waals surface area contributed by atoms with E-state index in [0.29, 0.717) is 11.5 Å². The first-order valence-electron chi connectivity index (χ1n) is 7.14. The van der Waals surface area contributed by atoms with Gasteiger partial charge >= 0.3 is 0 Å². The zero-order chi connectivity index (χ0) is 13.6. The molecule has 0 radical (unpaired) electrons. The fraction of sp³-hybridized carbons (Fsp3) is 0.647. The van der Waals surface area contributed by atoms with Gasteiger partial charge in [0.2, 0.25) is 0 Å². The van der Waals surface area contributed by atoms with E-state index in [4.69, 9.17) is 0 Å². The van der Waals surface area contributed by atoms with Crippen LogP contribution >= 0.6 is 0 Å². The van der Waals surface area contributed by atoms with E-state index in [2.05, 4.69) is 64.3 Å². The monoisotopic (exact) mass is 247 g/mol. The van der Waals surface area contributed by atoms with Crippen molar-refractivity contribution in [2.45, 2.75) is 59.4 Å². The Balaban J connectivity index is 2.43. The van der Waals surface area contributed by atoms with Crippen LogP contribution in [0.3, 0.4) is 0 Å². The maximum Gasteiger partial charge on any atom is 0.00674 e. The lowest BCUT2D eigenvalue weighted by atomic mass is 9.87. The van der Waals surface area contributed by atoms with Gasteiger partial charge in [-0.05, 0) is 56.2 Å². The van der Waals surface area contributed by atoms with Crippen LogP contribution in [0.15, 0.2) is 24.3 Å². The van der Waals surface area contributed by atoms with E-state index in [9.17, 15) is 0 Å². The molecule has 0 saturated carbocycles. The minimum atomic E-state index is 0.442. The van der Waals surface area contributed by atoms with E-state index >= 15 is 0 Å². The lowest BCUT2D eigenvalue weighted by Gasteiger charge is -2.23. The summed E-state index contributed by atoms with van der Waals surface area (Å²) in [5.41, 5.74) is 3.36. The molecule has 0 saturated heterocycles. The average Bonchev–Trinajstić information content (AvgIpc) is 2.30. The van der Waals surface area contributed by atoms with Crippen LogP contribution in [0.4, 0.5) is 0 Å². The van der Waals surface area contributed by atoms with E-state index in [1.54, 1.807) is 0 Å². The molecular formula is C17H29N. The molecule has 0 aliphatic heterocycles. The second-order valence-electron chi connectivity index (χ2n) is 6.55. The molecule has 1 unspecified atom stereocenters. The predicted octanol–water partition coefficient (Wildman–Crippen LogP) is 4.34. The van der Waals surface area contributed by atoms with Crippen molar-refractivity contribution in [3.05, 3.63) is 35.4 Å². The molecule has 1 atom stereocenters. The first-order valence-corrected chi connectivity index (χ1v) is 7.14. The van der Waals surface area contributed by atoms with Crippen molar-refractivity contribution >= 4 is 0 Å². The van der Waals surface area contributed by atoms with Gasteiger partial charge in [-0.1, -0.05) is 45.0 Å². The topological polar surface area (TPSA) is 12.0 Å². The van der Waals surface area contributed by atoms with Crippen LogP contribution in [0.5, 0.6) is 0 Å². The standard InChI is InChI=1S/C17H29N/c1-14-8-6-7-9-15(14)10-11-16(18-5)12-13-17(2,3)4/h6-9,16,18H,10-13H2,1-5H3. The average molecular weight is 247 g/mol. The quantitative estimate of drug-likeness (QED) is 0.788. The van der Waals surface area contributed by atoms with Crippen LogP contribution in [0.25, 0.3) is 0 Å². The Bertz CT molecular complexity index is 349. The van der Waals surface area contributed by atoms with E-state index in [0.717, 1.165) is 0 Å². The van der Waals surface area contributed by atoms with Crippen LogP contribution in [-0.4, -0.2) is 13.1 Å². The largest absolute Gasteiger partial charge is 0.317 e. The molecule has 1 nitrogen and oxygen atoms in total. The molecule has 0 aliphatic rings. The number of nitrogens with one attached hydrogen (secondary N) is 1. The molecular weight excluding hydrogens is 218 g/mol. The van der Waals surface area contributed by atoms with Gasteiger partial charge in [0.1, 0.15) is 0 Å². The van der Waals surface area contributed by atoms with Gasteiger partial charge in [-0.3, -0.25) is 0 Å². The fourth-order valence-corrected chi connectivity index (χ4v) is 2.26. The number of benzene rings is 1. The van der Waals surface area contributed by atoms with Crippen molar-refractivity contribution in [2.24, 2.45) is 5.41 Å². The molecule has 0 fully saturated rings. The number of aryl methyl sites for hydroxylation is 2. The summed E-state index contributed by atoms with van der Waals surface area (Å²) in [5.74, 6) is 0. The maximum atomic E-state index is 3.46.